The van der Waals surface area contributed by atoms with Crippen LogP contribution in [0.4, 0.5) is 4.39 Å². The molecular formula is C18H26ClFN4O. The zero-order valence-corrected chi connectivity index (χ0v) is 15.9. The van der Waals surface area contributed by atoms with Crippen LogP contribution in [0.15, 0.2) is 30.5 Å². The molecule has 2 N–H and O–H groups in total. The van der Waals surface area contributed by atoms with E-state index in [1.165, 1.54) is 12.1 Å². The second kappa shape index (κ2) is 9.53. The zero-order valence-electron chi connectivity index (χ0n) is 15.0. The Morgan fingerprint density at radius 2 is 1.88 bits per heavy atom. The van der Waals surface area contributed by atoms with Gasteiger partial charge >= 0.3 is 0 Å². The molecule has 0 aliphatic heterocycles. The number of rotatable bonds is 7. The molecule has 25 heavy (non-hydrogen) atoms. The predicted molar refractivity (Wildman–Crippen MR) is 100 cm³/mol. The number of amides is 1. The fourth-order valence-corrected chi connectivity index (χ4v) is 2.64. The van der Waals surface area contributed by atoms with E-state index in [9.17, 15) is 9.18 Å². The zero-order chi connectivity index (χ0) is 17.7. The molecule has 1 aromatic carbocycles. The van der Waals surface area contributed by atoms with E-state index in [-0.39, 0.29) is 36.1 Å². The summed E-state index contributed by atoms with van der Waals surface area (Å²) in [5.74, 6) is -0.339. The van der Waals surface area contributed by atoms with Crippen LogP contribution in [0.5, 0.6) is 0 Å². The second-order valence-electron chi connectivity index (χ2n) is 6.16. The summed E-state index contributed by atoms with van der Waals surface area (Å²) >= 11 is 0. The molecule has 0 radical (unpaired) electrons. The van der Waals surface area contributed by atoms with E-state index < -0.39 is 0 Å². The van der Waals surface area contributed by atoms with Crippen LogP contribution in [0, 0.1) is 5.82 Å². The number of nitrogens with zero attached hydrogens (tertiary/aromatic N) is 2. The summed E-state index contributed by atoms with van der Waals surface area (Å²) in [6, 6.07) is 6.29. The van der Waals surface area contributed by atoms with E-state index in [4.69, 9.17) is 0 Å². The van der Waals surface area contributed by atoms with Gasteiger partial charge in [0.1, 0.15) is 5.82 Å². The molecule has 0 aliphatic carbocycles. The van der Waals surface area contributed by atoms with Crippen molar-refractivity contribution in [2.45, 2.75) is 39.7 Å². The Bertz CT molecular complexity index is 685. The summed E-state index contributed by atoms with van der Waals surface area (Å²) in [5, 5.41) is 10.5. The van der Waals surface area contributed by atoms with E-state index in [0.717, 1.165) is 17.9 Å². The molecule has 1 heterocycles. The topological polar surface area (TPSA) is 58.9 Å². The van der Waals surface area contributed by atoms with Gasteiger partial charge in [-0.05, 0) is 43.7 Å². The summed E-state index contributed by atoms with van der Waals surface area (Å²) in [7, 11) is 0. The van der Waals surface area contributed by atoms with Gasteiger partial charge in [-0.3, -0.25) is 4.79 Å². The first kappa shape index (κ1) is 21.1. The molecule has 1 atom stereocenters. The number of hydrogen-bond donors (Lipinski definition) is 2. The first-order valence-corrected chi connectivity index (χ1v) is 8.29. The smallest absolute Gasteiger partial charge is 0.254 e. The van der Waals surface area contributed by atoms with Crippen molar-refractivity contribution in [3.63, 3.8) is 0 Å². The summed E-state index contributed by atoms with van der Waals surface area (Å²) in [6.45, 7) is 9.48. The lowest BCUT2D eigenvalue weighted by Crippen LogP contribution is -2.39. The van der Waals surface area contributed by atoms with Gasteiger partial charge in [0.2, 0.25) is 0 Å². The Labute approximate surface area is 154 Å². The highest BCUT2D eigenvalue weighted by Crippen LogP contribution is 2.23. The maximum atomic E-state index is 13.1. The molecule has 5 nitrogen and oxygen atoms in total. The van der Waals surface area contributed by atoms with Crippen LogP contribution in [0.2, 0.25) is 0 Å². The third kappa shape index (κ3) is 5.28. The van der Waals surface area contributed by atoms with E-state index in [2.05, 4.69) is 15.7 Å². The Kier molecular flexibility index (Phi) is 8.06. The van der Waals surface area contributed by atoms with Crippen LogP contribution in [0.1, 0.15) is 49.7 Å². The Morgan fingerprint density at radius 1 is 1.24 bits per heavy atom. The van der Waals surface area contributed by atoms with Gasteiger partial charge in [0, 0.05) is 12.6 Å². The molecule has 138 valence electrons. The highest BCUT2D eigenvalue weighted by Gasteiger charge is 2.21. The maximum Gasteiger partial charge on any atom is 0.254 e. The van der Waals surface area contributed by atoms with Crippen molar-refractivity contribution < 1.29 is 9.18 Å². The van der Waals surface area contributed by atoms with Crippen molar-refractivity contribution in [2.24, 2.45) is 0 Å². The molecular weight excluding hydrogens is 343 g/mol. The standard InChI is InChI=1S/C18H25FN4O.ClH/c1-5-20-13(4)10-21-18(24)16-11-22-23(17(16)12(2)3)15-8-6-14(19)7-9-15;/h6-9,11-13,20H,5,10H2,1-4H3,(H,21,24);1H/t13-;/m1./s1. The first-order valence-electron chi connectivity index (χ1n) is 8.29. The van der Waals surface area contributed by atoms with Gasteiger partial charge in [0.15, 0.2) is 0 Å². The van der Waals surface area contributed by atoms with E-state index in [1.54, 1.807) is 23.0 Å². The van der Waals surface area contributed by atoms with Gasteiger partial charge in [0.05, 0.1) is 23.1 Å². The number of hydrogen-bond acceptors (Lipinski definition) is 3. The van der Waals surface area contributed by atoms with E-state index in [1.807, 2.05) is 27.7 Å². The molecule has 0 aliphatic rings. The van der Waals surface area contributed by atoms with Gasteiger partial charge < -0.3 is 10.6 Å². The average molecular weight is 369 g/mol. The molecule has 0 unspecified atom stereocenters. The molecule has 0 spiro atoms. The summed E-state index contributed by atoms with van der Waals surface area (Å²) in [6.07, 6.45) is 1.58. The van der Waals surface area contributed by atoms with Gasteiger partial charge in [0.25, 0.3) is 5.91 Å². The van der Waals surface area contributed by atoms with Crippen LogP contribution >= 0.6 is 12.4 Å². The van der Waals surface area contributed by atoms with Crippen LogP contribution < -0.4 is 10.6 Å². The Hall–Kier alpha value is -1.92. The summed E-state index contributed by atoms with van der Waals surface area (Å²) < 4.78 is 14.8. The average Bonchev–Trinajstić information content (AvgIpc) is 2.99. The fraction of sp³-hybridized carbons (Fsp3) is 0.444. The highest BCUT2D eigenvalue weighted by atomic mass is 35.5. The van der Waals surface area contributed by atoms with Crippen molar-refractivity contribution in [1.82, 2.24) is 20.4 Å². The van der Waals surface area contributed by atoms with Crippen molar-refractivity contribution in [1.29, 1.82) is 0 Å². The quantitative estimate of drug-likeness (QED) is 0.788. The number of carbonyl (C=O) groups is 1. The Morgan fingerprint density at radius 3 is 2.44 bits per heavy atom. The summed E-state index contributed by atoms with van der Waals surface area (Å²) in [5.41, 5.74) is 2.11. The van der Waals surface area contributed by atoms with Crippen molar-refractivity contribution >= 4 is 18.3 Å². The summed E-state index contributed by atoms with van der Waals surface area (Å²) in [4.78, 5) is 12.5. The van der Waals surface area contributed by atoms with Crippen LogP contribution in [0.3, 0.4) is 0 Å². The fourth-order valence-electron chi connectivity index (χ4n) is 2.64. The number of halogens is 2. The van der Waals surface area contributed by atoms with Crippen LogP contribution in [-0.4, -0.2) is 34.8 Å². The minimum Gasteiger partial charge on any atom is -0.350 e. The van der Waals surface area contributed by atoms with Crippen LogP contribution in [-0.2, 0) is 0 Å². The largest absolute Gasteiger partial charge is 0.350 e. The Balaban J connectivity index is 0.00000312. The SMILES string of the molecule is CCN[C@H](C)CNC(=O)c1cnn(-c2ccc(F)cc2)c1C(C)C.Cl. The monoisotopic (exact) mass is 368 g/mol. The third-order valence-corrected chi connectivity index (χ3v) is 3.79. The molecule has 0 saturated carbocycles. The number of likely N-dealkylation sites (N-methyl/N-ethyl adjacent to an activating group) is 1. The van der Waals surface area contributed by atoms with Gasteiger partial charge in [-0.1, -0.05) is 20.8 Å². The number of carbonyl (C=O) groups excluding carboxylic acids is 1. The van der Waals surface area contributed by atoms with Crippen molar-refractivity contribution in [3.8, 4) is 5.69 Å². The molecule has 1 aromatic heterocycles. The molecule has 1 amide bonds. The minimum absolute atomic E-state index is 0. The second-order valence-corrected chi connectivity index (χ2v) is 6.16. The van der Waals surface area contributed by atoms with Gasteiger partial charge in [-0.15, -0.1) is 12.4 Å². The first-order chi connectivity index (χ1) is 11.4. The van der Waals surface area contributed by atoms with Crippen molar-refractivity contribution in [3.05, 3.63) is 47.5 Å². The number of nitrogens with one attached hydrogen (secondary N) is 2. The molecule has 0 fully saturated rings. The van der Waals surface area contributed by atoms with Gasteiger partial charge in [-0.2, -0.15) is 5.10 Å². The lowest BCUT2D eigenvalue weighted by Gasteiger charge is -2.15. The maximum absolute atomic E-state index is 13.1. The molecule has 7 heteroatoms. The highest BCUT2D eigenvalue weighted by molar-refractivity contribution is 5.95. The molecule has 2 aromatic rings. The molecule has 0 saturated heterocycles. The van der Waals surface area contributed by atoms with Crippen molar-refractivity contribution in [2.75, 3.05) is 13.1 Å². The lowest BCUT2D eigenvalue weighted by atomic mass is 10.0. The van der Waals surface area contributed by atoms with E-state index >= 15 is 0 Å². The normalized spacial score (nSPS) is 11.9. The lowest BCUT2D eigenvalue weighted by molar-refractivity contribution is 0.0949. The number of benzene rings is 1. The van der Waals surface area contributed by atoms with Crippen LogP contribution in [0.25, 0.3) is 5.69 Å². The molecule has 0 bridgehead atoms. The number of aromatic nitrogens is 2. The van der Waals surface area contributed by atoms with Gasteiger partial charge in [-0.25, -0.2) is 9.07 Å². The van der Waals surface area contributed by atoms with E-state index in [0.29, 0.717) is 12.1 Å². The third-order valence-electron chi connectivity index (χ3n) is 3.79. The predicted octanol–water partition coefficient (Wildman–Crippen LogP) is 3.28. The molecule has 2 rings (SSSR count). The minimum atomic E-state index is -0.299.